The molecule has 2 aromatic heterocycles. The summed E-state index contributed by atoms with van der Waals surface area (Å²) in [4.78, 5) is 22.5. The number of ether oxygens (including phenoxy) is 1. The number of hydrogen-bond donors (Lipinski definition) is 3. The van der Waals surface area contributed by atoms with E-state index in [-0.39, 0.29) is 5.91 Å². The molecule has 0 aliphatic carbocycles. The molecule has 0 saturated carbocycles. The highest BCUT2D eigenvalue weighted by Gasteiger charge is 2.25. The number of amides is 1. The molecule has 2 aliphatic heterocycles. The highest BCUT2D eigenvalue weighted by atomic mass is 16.5. The Hall–Kier alpha value is -3.60. The average Bonchev–Trinajstić information content (AvgIpc) is 3.43. The molecule has 214 valence electrons. The van der Waals surface area contributed by atoms with Gasteiger partial charge in [0.15, 0.2) is 6.23 Å². The lowest BCUT2D eigenvalue weighted by Gasteiger charge is -2.32. The average molecular weight is 556 g/mol. The van der Waals surface area contributed by atoms with Crippen molar-refractivity contribution in [2.45, 2.75) is 38.1 Å². The van der Waals surface area contributed by atoms with Crippen LogP contribution in [0.15, 0.2) is 73.1 Å². The van der Waals surface area contributed by atoms with Gasteiger partial charge in [-0.05, 0) is 65.3 Å². The van der Waals surface area contributed by atoms with Gasteiger partial charge in [0.05, 0.1) is 13.2 Å². The Kier molecular flexibility index (Phi) is 8.41. The minimum absolute atomic E-state index is 0.119. The van der Waals surface area contributed by atoms with Crippen molar-refractivity contribution in [2.24, 2.45) is 0 Å². The van der Waals surface area contributed by atoms with Gasteiger partial charge in [-0.3, -0.25) is 9.69 Å². The summed E-state index contributed by atoms with van der Waals surface area (Å²) < 4.78 is 7.57. The van der Waals surface area contributed by atoms with Crippen LogP contribution in [-0.2, 0) is 17.8 Å². The monoisotopic (exact) mass is 555 g/mol. The molecule has 6 rings (SSSR count). The molecule has 2 saturated heterocycles. The first-order valence-electron chi connectivity index (χ1n) is 14.4. The number of aliphatic hydroxyl groups is 1. The van der Waals surface area contributed by atoms with Gasteiger partial charge >= 0.3 is 0 Å². The molecule has 3 N–H and O–H groups in total. The molecule has 1 amide bonds. The van der Waals surface area contributed by atoms with Crippen LogP contribution in [0.1, 0.15) is 57.6 Å². The number of aromatic nitrogens is 2. The van der Waals surface area contributed by atoms with Gasteiger partial charge in [-0.15, -0.1) is 0 Å². The number of likely N-dealkylation sites (tertiary alicyclic amines) is 1. The van der Waals surface area contributed by atoms with Crippen LogP contribution in [0.25, 0.3) is 11.0 Å². The Bertz CT molecular complexity index is 1470. The summed E-state index contributed by atoms with van der Waals surface area (Å²) >= 11 is 0. The van der Waals surface area contributed by atoms with Gasteiger partial charge in [-0.2, -0.15) is 5.48 Å². The minimum Gasteiger partial charge on any atom is -0.379 e. The Labute approximate surface area is 239 Å². The van der Waals surface area contributed by atoms with Crippen molar-refractivity contribution in [2.75, 3.05) is 39.4 Å². The third kappa shape index (κ3) is 6.34. The van der Waals surface area contributed by atoms with Gasteiger partial charge in [0.1, 0.15) is 5.65 Å². The highest BCUT2D eigenvalue weighted by Crippen LogP contribution is 2.30. The smallest absolute Gasteiger partial charge is 0.253 e. The predicted molar refractivity (Wildman–Crippen MR) is 156 cm³/mol. The Morgan fingerprint density at radius 1 is 0.976 bits per heavy atom. The maximum atomic E-state index is 13.3. The predicted octanol–water partition coefficient (Wildman–Crippen LogP) is 3.91. The van der Waals surface area contributed by atoms with Crippen LogP contribution in [0, 0.1) is 0 Å². The van der Waals surface area contributed by atoms with Crippen LogP contribution in [0.2, 0.25) is 0 Å². The largest absolute Gasteiger partial charge is 0.379 e. The molecule has 0 bridgehead atoms. The molecule has 9 heteroatoms. The summed E-state index contributed by atoms with van der Waals surface area (Å²) in [5.74, 6) is 0.499. The Morgan fingerprint density at radius 2 is 1.76 bits per heavy atom. The van der Waals surface area contributed by atoms with Gasteiger partial charge in [-0.25, -0.2) is 4.98 Å². The van der Waals surface area contributed by atoms with Crippen molar-refractivity contribution in [3.63, 3.8) is 0 Å². The van der Waals surface area contributed by atoms with Crippen molar-refractivity contribution in [3.05, 3.63) is 101 Å². The van der Waals surface area contributed by atoms with Gasteiger partial charge in [0.2, 0.25) is 0 Å². The molecule has 0 radical (unpaired) electrons. The number of nitrogens with zero attached hydrogens (tertiary/aromatic N) is 4. The summed E-state index contributed by atoms with van der Waals surface area (Å²) in [6.07, 6.45) is 4.79. The van der Waals surface area contributed by atoms with Crippen LogP contribution in [-0.4, -0.2) is 75.0 Å². The second-order valence-corrected chi connectivity index (χ2v) is 11.1. The fourth-order valence-corrected chi connectivity index (χ4v) is 5.94. The van der Waals surface area contributed by atoms with Crippen molar-refractivity contribution < 1.29 is 19.8 Å². The molecule has 4 aromatic rings. The highest BCUT2D eigenvalue weighted by molar-refractivity contribution is 5.94. The van der Waals surface area contributed by atoms with E-state index in [4.69, 9.17) is 14.9 Å². The number of hydrogen-bond acceptors (Lipinski definition) is 7. The molecule has 2 aromatic carbocycles. The van der Waals surface area contributed by atoms with Crippen LogP contribution < -0.4 is 5.48 Å². The lowest BCUT2D eigenvalue weighted by Crippen LogP contribution is -2.38. The SMILES string of the molecule is O=C(c1cccc(CN2CCOCC2)c1)N1CCC(c2cnc3c(ccn3Cc3ccc(C(O)NO)cc3)c2)CC1. The number of benzene rings is 2. The number of hydroxylamine groups is 1. The van der Waals surface area contributed by atoms with Gasteiger partial charge < -0.3 is 24.5 Å². The van der Waals surface area contributed by atoms with E-state index in [1.165, 1.54) is 11.1 Å². The molecular weight excluding hydrogens is 518 g/mol. The zero-order valence-corrected chi connectivity index (χ0v) is 23.2. The normalized spacial score (nSPS) is 17.7. The van der Waals surface area contributed by atoms with E-state index in [1.807, 2.05) is 47.0 Å². The first-order chi connectivity index (χ1) is 20.1. The molecule has 0 spiro atoms. The number of piperidine rings is 1. The molecule has 4 heterocycles. The van der Waals surface area contributed by atoms with E-state index in [9.17, 15) is 9.90 Å². The fourth-order valence-electron chi connectivity index (χ4n) is 5.94. The molecule has 9 nitrogen and oxygen atoms in total. The van der Waals surface area contributed by atoms with Crippen molar-refractivity contribution in [3.8, 4) is 0 Å². The van der Waals surface area contributed by atoms with Gasteiger partial charge in [0.25, 0.3) is 5.91 Å². The molecule has 2 fully saturated rings. The summed E-state index contributed by atoms with van der Waals surface area (Å²) in [5, 5.41) is 19.7. The van der Waals surface area contributed by atoms with E-state index >= 15 is 0 Å². The van der Waals surface area contributed by atoms with Crippen molar-refractivity contribution in [1.82, 2.24) is 24.8 Å². The topological polar surface area (TPSA) is 103 Å². The minimum atomic E-state index is -1.10. The van der Waals surface area contributed by atoms with Crippen LogP contribution in [0.4, 0.5) is 0 Å². The standard InChI is InChI=1S/C32H37N5O4/c38-31(34-40)26-6-4-23(5-7-26)22-37-13-10-27-19-29(20-33-30(27)37)25-8-11-36(12-9-25)32(39)28-3-1-2-24(18-28)21-35-14-16-41-17-15-35/h1-7,10,13,18-20,25,31,34,38,40H,8-9,11-12,14-17,21-22H2. The summed E-state index contributed by atoms with van der Waals surface area (Å²) in [7, 11) is 0. The number of morpholine rings is 1. The third-order valence-corrected chi connectivity index (χ3v) is 8.33. The third-order valence-electron chi connectivity index (χ3n) is 8.33. The quantitative estimate of drug-likeness (QED) is 0.224. The number of pyridine rings is 1. The zero-order chi connectivity index (χ0) is 28.2. The second kappa shape index (κ2) is 12.5. The van der Waals surface area contributed by atoms with Crippen LogP contribution in [0.3, 0.4) is 0 Å². The number of carbonyl (C=O) groups excluding carboxylic acids is 1. The lowest BCUT2D eigenvalue weighted by atomic mass is 9.90. The number of nitrogens with one attached hydrogen (secondary N) is 1. The van der Waals surface area contributed by atoms with Gasteiger partial charge in [-0.1, -0.05) is 36.4 Å². The number of rotatable bonds is 8. The van der Waals surface area contributed by atoms with Crippen molar-refractivity contribution >= 4 is 16.9 Å². The molecule has 41 heavy (non-hydrogen) atoms. The lowest BCUT2D eigenvalue weighted by molar-refractivity contribution is 0.000692. The van der Waals surface area contributed by atoms with Crippen LogP contribution in [0.5, 0.6) is 0 Å². The first kappa shape index (κ1) is 27.6. The summed E-state index contributed by atoms with van der Waals surface area (Å²) in [6, 6.07) is 19.9. The molecular formula is C32H37N5O4. The van der Waals surface area contributed by atoms with E-state index in [1.54, 1.807) is 12.1 Å². The van der Waals surface area contributed by atoms with E-state index in [0.717, 1.165) is 80.9 Å². The number of aliphatic hydroxyl groups excluding tert-OH is 1. The molecule has 1 unspecified atom stereocenters. The number of fused-ring (bicyclic) bond motifs is 1. The van der Waals surface area contributed by atoms with Crippen LogP contribution >= 0.6 is 0 Å². The zero-order valence-electron chi connectivity index (χ0n) is 23.2. The Morgan fingerprint density at radius 3 is 2.51 bits per heavy atom. The second-order valence-electron chi connectivity index (χ2n) is 11.1. The Balaban J connectivity index is 1.06. The number of carbonyl (C=O) groups is 1. The van der Waals surface area contributed by atoms with E-state index in [0.29, 0.717) is 18.0 Å². The molecule has 2 aliphatic rings. The summed E-state index contributed by atoms with van der Waals surface area (Å²) in [5.41, 5.74) is 7.63. The van der Waals surface area contributed by atoms with Gasteiger partial charge in [0, 0.05) is 62.6 Å². The maximum Gasteiger partial charge on any atom is 0.253 e. The fraction of sp³-hybridized carbons (Fsp3) is 0.375. The maximum absolute atomic E-state index is 13.3. The van der Waals surface area contributed by atoms with Crippen molar-refractivity contribution in [1.29, 1.82) is 0 Å². The molecule has 1 atom stereocenters. The summed E-state index contributed by atoms with van der Waals surface area (Å²) in [6.45, 7) is 6.40. The van der Waals surface area contributed by atoms with E-state index in [2.05, 4.69) is 33.7 Å². The first-order valence-corrected chi connectivity index (χ1v) is 14.4. The van der Waals surface area contributed by atoms with E-state index < -0.39 is 6.23 Å².